The lowest BCUT2D eigenvalue weighted by Gasteiger charge is -2.21. The number of nitrogens with zero attached hydrogens (tertiary/aromatic N) is 3. The normalized spacial score (nSPS) is 12.1. The van der Waals surface area contributed by atoms with Crippen LogP contribution in [-0.2, 0) is 16.0 Å². The van der Waals surface area contributed by atoms with Gasteiger partial charge in [0.05, 0.1) is 12.0 Å². The van der Waals surface area contributed by atoms with Crippen LogP contribution in [0.4, 0.5) is 0 Å². The Hall–Kier alpha value is -1.23. The third-order valence-corrected chi connectivity index (χ3v) is 2.67. The fraction of sp³-hybridized carbons (Fsp3) is 0.750. The van der Waals surface area contributed by atoms with Gasteiger partial charge >= 0.3 is 0 Å². The largest absolute Gasteiger partial charge is 0.378 e. The molecule has 1 heterocycles. The summed E-state index contributed by atoms with van der Waals surface area (Å²) in [6, 6.07) is 0.218. The van der Waals surface area contributed by atoms with Crippen LogP contribution in [0.25, 0.3) is 0 Å². The van der Waals surface area contributed by atoms with E-state index in [-0.39, 0.29) is 11.8 Å². The maximum Gasteiger partial charge on any atom is 0.143 e. The van der Waals surface area contributed by atoms with Crippen LogP contribution in [-0.4, -0.2) is 33.3 Å². The van der Waals surface area contributed by atoms with Crippen LogP contribution in [0.1, 0.15) is 46.0 Å². The van der Waals surface area contributed by atoms with Gasteiger partial charge in [0.15, 0.2) is 0 Å². The minimum absolute atomic E-state index is 0.117. The molecule has 0 aliphatic carbocycles. The van der Waals surface area contributed by atoms with Gasteiger partial charge in [-0.05, 0) is 27.7 Å². The Balaban J connectivity index is 2.65. The van der Waals surface area contributed by atoms with Crippen molar-refractivity contribution in [1.82, 2.24) is 14.8 Å². The van der Waals surface area contributed by atoms with E-state index in [1.54, 1.807) is 11.8 Å². The van der Waals surface area contributed by atoms with Gasteiger partial charge in [0.1, 0.15) is 17.9 Å². The molecule has 0 saturated carbocycles. The predicted octanol–water partition coefficient (Wildman–Crippen LogP) is 1.79. The lowest BCUT2D eigenvalue weighted by Crippen LogP contribution is -2.27. The molecule has 0 saturated heterocycles. The standard InChI is InChI=1S/C12H21N3O2/c1-9(2)15-11(13-8-14-15)6-10(16)7-12(3,4)17-5/h8-9H,6-7H2,1-5H3. The van der Waals surface area contributed by atoms with Gasteiger partial charge in [0.2, 0.25) is 0 Å². The Morgan fingerprint density at radius 1 is 1.53 bits per heavy atom. The van der Waals surface area contributed by atoms with Crippen molar-refractivity contribution in [2.24, 2.45) is 0 Å². The summed E-state index contributed by atoms with van der Waals surface area (Å²) < 4.78 is 7.02. The summed E-state index contributed by atoms with van der Waals surface area (Å²) in [5.41, 5.74) is -0.417. The molecule has 0 radical (unpaired) electrons. The van der Waals surface area contributed by atoms with Gasteiger partial charge in [-0.25, -0.2) is 9.67 Å². The number of carbonyl (C=O) groups excluding carboxylic acids is 1. The van der Waals surface area contributed by atoms with E-state index in [9.17, 15) is 4.79 Å². The van der Waals surface area contributed by atoms with Crippen LogP contribution in [0.15, 0.2) is 6.33 Å². The van der Waals surface area contributed by atoms with Crippen molar-refractivity contribution >= 4 is 5.78 Å². The molecule has 0 N–H and O–H groups in total. The molecule has 5 heteroatoms. The highest BCUT2D eigenvalue weighted by Crippen LogP contribution is 2.15. The molecule has 96 valence electrons. The maximum absolute atomic E-state index is 11.9. The van der Waals surface area contributed by atoms with Gasteiger partial charge in [-0.15, -0.1) is 0 Å². The molecule has 0 spiro atoms. The Morgan fingerprint density at radius 2 is 2.18 bits per heavy atom. The van der Waals surface area contributed by atoms with Gasteiger partial charge in [-0.1, -0.05) is 0 Å². The molecule has 0 aliphatic rings. The molecular weight excluding hydrogens is 218 g/mol. The molecule has 0 aromatic carbocycles. The van der Waals surface area contributed by atoms with Crippen molar-refractivity contribution in [3.63, 3.8) is 0 Å². The molecule has 17 heavy (non-hydrogen) atoms. The number of hydrogen-bond acceptors (Lipinski definition) is 4. The van der Waals surface area contributed by atoms with Gasteiger partial charge < -0.3 is 4.74 Å². The van der Waals surface area contributed by atoms with E-state index in [1.807, 2.05) is 27.7 Å². The monoisotopic (exact) mass is 239 g/mol. The number of carbonyl (C=O) groups is 1. The number of ketones is 1. The number of Topliss-reactive ketones (excluding diaryl/α,β-unsaturated/α-hetero) is 1. The zero-order chi connectivity index (χ0) is 13.1. The Bertz CT molecular complexity index is 383. The van der Waals surface area contributed by atoms with E-state index >= 15 is 0 Å². The van der Waals surface area contributed by atoms with Gasteiger partial charge in [-0.3, -0.25) is 4.79 Å². The van der Waals surface area contributed by atoms with Crippen LogP contribution in [0.2, 0.25) is 0 Å². The maximum atomic E-state index is 11.9. The highest BCUT2D eigenvalue weighted by molar-refractivity contribution is 5.81. The highest BCUT2D eigenvalue weighted by Gasteiger charge is 2.22. The summed E-state index contributed by atoms with van der Waals surface area (Å²) in [4.78, 5) is 16.0. The minimum Gasteiger partial charge on any atom is -0.378 e. The van der Waals surface area contributed by atoms with E-state index < -0.39 is 5.60 Å². The van der Waals surface area contributed by atoms with Gasteiger partial charge in [0, 0.05) is 19.6 Å². The fourth-order valence-corrected chi connectivity index (χ4v) is 1.62. The van der Waals surface area contributed by atoms with E-state index in [4.69, 9.17) is 4.74 Å². The predicted molar refractivity (Wildman–Crippen MR) is 64.8 cm³/mol. The summed E-state index contributed by atoms with van der Waals surface area (Å²) in [5.74, 6) is 0.837. The molecule has 0 fully saturated rings. The summed E-state index contributed by atoms with van der Waals surface area (Å²) in [5, 5.41) is 4.11. The number of hydrogen-bond donors (Lipinski definition) is 0. The minimum atomic E-state index is -0.417. The van der Waals surface area contributed by atoms with Gasteiger partial charge in [-0.2, -0.15) is 5.10 Å². The van der Waals surface area contributed by atoms with Crippen molar-refractivity contribution in [3.8, 4) is 0 Å². The van der Waals surface area contributed by atoms with Crippen LogP contribution in [0.3, 0.4) is 0 Å². The number of methoxy groups -OCH3 is 1. The molecule has 0 atom stereocenters. The quantitative estimate of drug-likeness (QED) is 0.759. The number of aromatic nitrogens is 3. The Labute approximate surface area is 102 Å². The highest BCUT2D eigenvalue weighted by atomic mass is 16.5. The van der Waals surface area contributed by atoms with Crippen LogP contribution in [0.5, 0.6) is 0 Å². The fourth-order valence-electron chi connectivity index (χ4n) is 1.62. The zero-order valence-electron chi connectivity index (χ0n) is 11.2. The zero-order valence-corrected chi connectivity index (χ0v) is 11.2. The molecular formula is C12H21N3O2. The van der Waals surface area contributed by atoms with E-state index in [0.717, 1.165) is 5.82 Å². The summed E-state index contributed by atoms with van der Waals surface area (Å²) in [6.07, 6.45) is 2.18. The Kier molecular flexibility index (Phi) is 4.40. The van der Waals surface area contributed by atoms with Crippen LogP contribution < -0.4 is 0 Å². The summed E-state index contributed by atoms with van der Waals surface area (Å²) >= 11 is 0. The molecule has 0 amide bonds. The van der Waals surface area contributed by atoms with Crippen molar-refractivity contribution in [2.75, 3.05) is 7.11 Å². The van der Waals surface area contributed by atoms with E-state index in [1.165, 1.54) is 6.33 Å². The molecule has 1 aromatic heterocycles. The third kappa shape index (κ3) is 3.93. The second-order valence-electron chi connectivity index (χ2n) is 5.07. The Morgan fingerprint density at radius 3 is 2.71 bits per heavy atom. The first-order chi connectivity index (χ1) is 7.85. The number of rotatable bonds is 6. The summed E-state index contributed by atoms with van der Waals surface area (Å²) in [6.45, 7) is 7.83. The second-order valence-corrected chi connectivity index (χ2v) is 5.07. The van der Waals surface area contributed by atoms with E-state index in [0.29, 0.717) is 12.8 Å². The van der Waals surface area contributed by atoms with Crippen LogP contribution >= 0.6 is 0 Å². The molecule has 0 aliphatic heterocycles. The van der Waals surface area contributed by atoms with Crippen molar-refractivity contribution in [2.45, 2.75) is 52.2 Å². The molecule has 1 aromatic rings. The summed E-state index contributed by atoms with van der Waals surface area (Å²) in [7, 11) is 1.61. The lowest BCUT2D eigenvalue weighted by molar-refractivity contribution is -0.123. The van der Waals surface area contributed by atoms with Crippen molar-refractivity contribution < 1.29 is 9.53 Å². The average molecular weight is 239 g/mol. The first-order valence-corrected chi connectivity index (χ1v) is 5.81. The smallest absolute Gasteiger partial charge is 0.143 e. The first kappa shape index (κ1) is 13.8. The average Bonchev–Trinajstić information content (AvgIpc) is 2.65. The van der Waals surface area contributed by atoms with Gasteiger partial charge in [0.25, 0.3) is 0 Å². The SMILES string of the molecule is COC(C)(C)CC(=O)Cc1ncnn1C(C)C. The topological polar surface area (TPSA) is 57.0 Å². The molecule has 0 bridgehead atoms. The van der Waals surface area contributed by atoms with E-state index in [2.05, 4.69) is 10.1 Å². The molecule has 1 rings (SSSR count). The van der Waals surface area contributed by atoms with Crippen molar-refractivity contribution in [3.05, 3.63) is 12.2 Å². The molecule has 0 unspecified atom stereocenters. The number of ether oxygens (including phenoxy) is 1. The molecule has 5 nitrogen and oxygen atoms in total. The van der Waals surface area contributed by atoms with Crippen LogP contribution in [0, 0.1) is 0 Å². The second kappa shape index (κ2) is 5.40. The lowest BCUT2D eigenvalue weighted by atomic mass is 10.00. The van der Waals surface area contributed by atoms with Crippen molar-refractivity contribution in [1.29, 1.82) is 0 Å². The first-order valence-electron chi connectivity index (χ1n) is 5.81. The third-order valence-electron chi connectivity index (χ3n) is 2.67.